The maximum Gasteiger partial charge on any atom is 0.347 e. The van der Waals surface area contributed by atoms with Crippen molar-refractivity contribution in [3.05, 3.63) is 59.1 Å². The normalized spacial score (nSPS) is 17.4. The smallest absolute Gasteiger partial charge is 0.347 e. The Morgan fingerprint density at radius 3 is 2.25 bits per heavy atom. The first-order valence-corrected chi connectivity index (χ1v) is 12.8. The van der Waals surface area contributed by atoms with Crippen LogP contribution in [0.25, 0.3) is 0 Å². The number of hydrogen-bond donors (Lipinski definition) is 1. The minimum Gasteiger partial charge on any atom is -0.478 e. The highest BCUT2D eigenvalue weighted by Gasteiger charge is 2.23. The molecule has 0 bridgehead atoms. The second-order valence-electron chi connectivity index (χ2n) is 9.26. The maximum absolute atomic E-state index is 12.3. The zero-order chi connectivity index (χ0) is 23.8. The van der Waals surface area contributed by atoms with E-state index < -0.39 is 6.10 Å². The Labute approximate surface area is 232 Å². The van der Waals surface area contributed by atoms with Crippen LogP contribution in [0.3, 0.4) is 0 Å². The molecule has 200 valence electrons. The zero-order valence-electron chi connectivity index (χ0n) is 20.9. The van der Waals surface area contributed by atoms with E-state index in [1.54, 1.807) is 0 Å². The molecule has 6 nitrogen and oxygen atoms in total. The third-order valence-electron chi connectivity index (χ3n) is 6.96. The Morgan fingerprint density at radius 2 is 1.64 bits per heavy atom. The van der Waals surface area contributed by atoms with Crippen LogP contribution < -0.4 is 15.0 Å². The summed E-state index contributed by atoms with van der Waals surface area (Å²) in [5.74, 6) is 1.16. The Bertz CT molecular complexity index is 901. The molecular formula is C27H38Cl3N3O3. The number of hydrogen-bond acceptors (Lipinski definition) is 6. The molecule has 4 rings (SSSR count). The molecule has 0 radical (unpaired) electrons. The highest BCUT2D eigenvalue weighted by atomic mass is 35.5. The van der Waals surface area contributed by atoms with Crippen molar-refractivity contribution >= 4 is 48.1 Å². The summed E-state index contributed by atoms with van der Waals surface area (Å²) in [7, 11) is 1.38. The van der Waals surface area contributed by atoms with Crippen molar-refractivity contribution in [3.63, 3.8) is 0 Å². The van der Waals surface area contributed by atoms with Gasteiger partial charge in [-0.05, 0) is 86.8 Å². The van der Waals surface area contributed by atoms with E-state index >= 15 is 0 Å². The minimum atomic E-state index is -0.708. The van der Waals surface area contributed by atoms with Gasteiger partial charge in [-0.1, -0.05) is 23.7 Å². The van der Waals surface area contributed by atoms with Gasteiger partial charge in [0.2, 0.25) is 0 Å². The Hall–Kier alpha value is -1.70. The van der Waals surface area contributed by atoms with Gasteiger partial charge in [-0.25, -0.2) is 4.79 Å². The lowest BCUT2D eigenvalue weighted by Crippen LogP contribution is -2.47. The van der Waals surface area contributed by atoms with Gasteiger partial charge in [0.15, 0.2) is 6.10 Å². The lowest BCUT2D eigenvalue weighted by molar-refractivity contribution is -0.148. The summed E-state index contributed by atoms with van der Waals surface area (Å²) >= 11 is 5.97. The fourth-order valence-corrected chi connectivity index (χ4v) is 4.93. The Morgan fingerprint density at radius 1 is 1.00 bits per heavy atom. The molecule has 1 unspecified atom stereocenters. The number of ether oxygens (including phenoxy) is 2. The van der Waals surface area contributed by atoms with E-state index in [9.17, 15) is 4.79 Å². The number of piperazine rings is 1. The molecule has 0 aliphatic carbocycles. The van der Waals surface area contributed by atoms with Gasteiger partial charge in [-0.3, -0.25) is 4.90 Å². The molecule has 2 fully saturated rings. The number of rotatable bonds is 9. The first-order valence-electron chi connectivity index (χ1n) is 12.4. The average Bonchev–Trinajstić information content (AvgIpc) is 2.89. The van der Waals surface area contributed by atoms with Crippen LogP contribution in [0.2, 0.25) is 5.02 Å². The van der Waals surface area contributed by atoms with Crippen LogP contribution in [0, 0.1) is 5.92 Å². The van der Waals surface area contributed by atoms with Crippen molar-refractivity contribution in [2.75, 3.05) is 57.8 Å². The van der Waals surface area contributed by atoms with Gasteiger partial charge in [0.05, 0.1) is 7.11 Å². The van der Waals surface area contributed by atoms with Gasteiger partial charge in [-0.2, -0.15) is 0 Å². The van der Waals surface area contributed by atoms with E-state index in [2.05, 4.69) is 27.2 Å². The fourth-order valence-electron chi connectivity index (χ4n) is 4.80. The number of anilines is 1. The molecule has 2 aromatic rings. The molecule has 2 heterocycles. The summed E-state index contributed by atoms with van der Waals surface area (Å²) in [6, 6.07) is 15.5. The van der Waals surface area contributed by atoms with E-state index in [1.807, 2.05) is 36.4 Å². The van der Waals surface area contributed by atoms with Crippen molar-refractivity contribution in [2.24, 2.45) is 5.92 Å². The third kappa shape index (κ3) is 9.00. The van der Waals surface area contributed by atoms with Crippen molar-refractivity contribution in [1.82, 2.24) is 10.2 Å². The number of carbonyl (C=O) groups is 1. The maximum atomic E-state index is 12.3. The Balaban J connectivity index is 0.00000228. The molecule has 0 aromatic heterocycles. The van der Waals surface area contributed by atoms with Gasteiger partial charge in [0.25, 0.3) is 0 Å². The van der Waals surface area contributed by atoms with Crippen LogP contribution in [0.15, 0.2) is 48.5 Å². The van der Waals surface area contributed by atoms with Gasteiger partial charge < -0.3 is 19.7 Å². The van der Waals surface area contributed by atoms with Gasteiger partial charge >= 0.3 is 5.97 Å². The number of carbonyl (C=O) groups excluding carboxylic acids is 1. The summed E-state index contributed by atoms with van der Waals surface area (Å²) in [5.41, 5.74) is 2.16. The summed E-state index contributed by atoms with van der Waals surface area (Å²) in [6.45, 7) is 7.86. The van der Waals surface area contributed by atoms with Crippen LogP contribution in [0.5, 0.6) is 5.75 Å². The first-order chi connectivity index (χ1) is 16.6. The molecule has 2 aliphatic heterocycles. The monoisotopic (exact) mass is 557 g/mol. The number of esters is 1. The number of nitrogens with one attached hydrogen (secondary N) is 1. The molecule has 1 atom stereocenters. The fraction of sp³-hybridized carbons (Fsp3) is 0.519. The number of halogens is 3. The lowest BCUT2D eigenvalue weighted by Gasteiger charge is -2.37. The van der Waals surface area contributed by atoms with Crippen LogP contribution in [-0.2, 0) is 16.0 Å². The van der Waals surface area contributed by atoms with Gasteiger partial charge in [0, 0.05) is 43.3 Å². The molecule has 2 saturated heterocycles. The van der Waals surface area contributed by atoms with Crippen LogP contribution in [-0.4, -0.2) is 69.9 Å². The minimum absolute atomic E-state index is 0. The van der Waals surface area contributed by atoms with Crippen LogP contribution in [0.1, 0.15) is 24.8 Å². The molecule has 2 aliphatic rings. The number of methoxy groups -OCH3 is 1. The quantitative estimate of drug-likeness (QED) is 0.444. The molecule has 2 aromatic carbocycles. The van der Waals surface area contributed by atoms with Gasteiger partial charge in [0.1, 0.15) is 5.75 Å². The summed E-state index contributed by atoms with van der Waals surface area (Å²) in [6.07, 6.45) is 3.69. The second-order valence-corrected chi connectivity index (χ2v) is 9.70. The standard InChI is InChI=1S/C27H36ClN3O3.2ClH/c1-33-27(32)26(20-22-2-4-23(28)5-3-22)34-25-8-6-24(7-9-25)31-18-16-30(17-19-31)15-12-21-10-13-29-14-11-21;;/h2-9,21,26,29H,10-20H2,1H3;2*1H. The predicted octanol–water partition coefficient (Wildman–Crippen LogP) is 4.86. The third-order valence-corrected chi connectivity index (χ3v) is 7.22. The van der Waals surface area contributed by atoms with Crippen LogP contribution >= 0.6 is 36.4 Å². The number of benzene rings is 2. The largest absolute Gasteiger partial charge is 0.478 e. The highest BCUT2D eigenvalue weighted by Crippen LogP contribution is 2.23. The van der Waals surface area contributed by atoms with E-state index in [-0.39, 0.29) is 30.8 Å². The summed E-state index contributed by atoms with van der Waals surface area (Å²) < 4.78 is 11.0. The molecule has 0 spiro atoms. The molecule has 9 heteroatoms. The Kier molecular flexibility index (Phi) is 13.2. The van der Waals surface area contributed by atoms with E-state index in [4.69, 9.17) is 21.1 Å². The average molecular weight is 559 g/mol. The first kappa shape index (κ1) is 30.5. The summed E-state index contributed by atoms with van der Waals surface area (Å²) in [4.78, 5) is 17.3. The van der Waals surface area contributed by atoms with Crippen molar-refractivity contribution in [3.8, 4) is 5.75 Å². The number of nitrogens with zero attached hydrogens (tertiary/aromatic N) is 2. The molecule has 1 N–H and O–H groups in total. The van der Waals surface area contributed by atoms with Crippen molar-refractivity contribution < 1.29 is 14.3 Å². The second kappa shape index (κ2) is 15.5. The molecule has 36 heavy (non-hydrogen) atoms. The van der Waals surface area contributed by atoms with Gasteiger partial charge in [-0.15, -0.1) is 24.8 Å². The topological polar surface area (TPSA) is 54.0 Å². The predicted molar refractivity (Wildman–Crippen MR) is 151 cm³/mol. The molecular weight excluding hydrogens is 521 g/mol. The number of piperidine rings is 1. The van der Waals surface area contributed by atoms with Crippen molar-refractivity contribution in [2.45, 2.75) is 31.8 Å². The van der Waals surface area contributed by atoms with E-state index in [1.165, 1.54) is 51.7 Å². The van der Waals surface area contributed by atoms with E-state index in [0.29, 0.717) is 17.2 Å². The summed E-state index contributed by atoms with van der Waals surface area (Å²) in [5, 5.41) is 4.12. The highest BCUT2D eigenvalue weighted by molar-refractivity contribution is 6.30. The SMILES string of the molecule is COC(=O)C(Cc1ccc(Cl)cc1)Oc1ccc(N2CCN(CCC3CCNCC3)CC2)cc1.Cl.Cl. The molecule has 0 amide bonds. The van der Waals surface area contributed by atoms with E-state index in [0.717, 1.165) is 37.7 Å². The molecule has 0 saturated carbocycles. The zero-order valence-corrected chi connectivity index (χ0v) is 23.3. The lowest BCUT2D eigenvalue weighted by atomic mass is 9.94. The van der Waals surface area contributed by atoms with Crippen molar-refractivity contribution in [1.29, 1.82) is 0 Å². The van der Waals surface area contributed by atoms with Crippen LogP contribution in [0.4, 0.5) is 5.69 Å².